The van der Waals surface area contributed by atoms with Crippen molar-refractivity contribution in [2.75, 3.05) is 6.61 Å². The van der Waals surface area contributed by atoms with Gasteiger partial charge in [-0.05, 0) is 19.1 Å². The van der Waals surface area contributed by atoms with E-state index in [1.807, 2.05) is 6.92 Å². The standard InChI is InChI=1S/C10H11NOS2/c1-7-11-9(6-13-7)10-3-2-8(14-10)4-5-12/h2-3,6,12H,4-5H2,1H3. The second-order valence-electron chi connectivity index (χ2n) is 2.99. The Morgan fingerprint density at radius 1 is 1.43 bits per heavy atom. The molecular weight excluding hydrogens is 214 g/mol. The SMILES string of the molecule is Cc1nc(-c2ccc(CCO)s2)cs1. The van der Waals surface area contributed by atoms with Gasteiger partial charge in [0.2, 0.25) is 0 Å². The zero-order valence-corrected chi connectivity index (χ0v) is 9.49. The molecule has 4 heteroatoms. The normalized spacial score (nSPS) is 10.7. The molecule has 0 saturated carbocycles. The number of aryl methyl sites for hydroxylation is 1. The van der Waals surface area contributed by atoms with Gasteiger partial charge in [0.25, 0.3) is 0 Å². The number of aromatic nitrogens is 1. The van der Waals surface area contributed by atoms with Gasteiger partial charge < -0.3 is 5.11 Å². The van der Waals surface area contributed by atoms with Crippen LogP contribution in [0.3, 0.4) is 0 Å². The third-order valence-electron chi connectivity index (χ3n) is 1.89. The zero-order chi connectivity index (χ0) is 9.97. The van der Waals surface area contributed by atoms with Crippen molar-refractivity contribution in [1.82, 2.24) is 4.98 Å². The van der Waals surface area contributed by atoms with Crippen molar-refractivity contribution in [3.05, 3.63) is 27.4 Å². The van der Waals surface area contributed by atoms with Crippen LogP contribution in [0.4, 0.5) is 0 Å². The highest BCUT2D eigenvalue weighted by atomic mass is 32.1. The summed E-state index contributed by atoms with van der Waals surface area (Å²) >= 11 is 3.38. The van der Waals surface area contributed by atoms with E-state index in [2.05, 4.69) is 22.5 Å². The Bertz CT molecular complexity index is 419. The zero-order valence-electron chi connectivity index (χ0n) is 7.86. The minimum Gasteiger partial charge on any atom is -0.396 e. The number of hydrogen-bond acceptors (Lipinski definition) is 4. The molecule has 2 rings (SSSR count). The van der Waals surface area contributed by atoms with Gasteiger partial charge in [0, 0.05) is 23.3 Å². The van der Waals surface area contributed by atoms with Crippen LogP contribution in [0.1, 0.15) is 9.88 Å². The lowest BCUT2D eigenvalue weighted by Gasteiger charge is -1.89. The molecule has 0 aromatic carbocycles. The van der Waals surface area contributed by atoms with Gasteiger partial charge in [-0.2, -0.15) is 0 Å². The molecule has 2 aromatic heterocycles. The van der Waals surface area contributed by atoms with Crippen molar-refractivity contribution in [2.24, 2.45) is 0 Å². The molecule has 0 saturated heterocycles. The average molecular weight is 225 g/mol. The molecular formula is C10H11NOS2. The fraction of sp³-hybridized carbons (Fsp3) is 0.300. The fourth-order valence-electron chi connectivity index (χ4n) is 1.24. The molecule has 2 aromatic rings. The van der Waals surface area contributed by atoms with Crippen LogP contribution >= 0.6 is 22.7 Å². The second kappa shape index (κ2) is 4.21. The van der Waals surface area contributed by atoms with Crippen molar-refractivity contribution >= 4 is 22.7 Å². The Kier molecular flexibility index (Phi) is 2.96. The van der Waals surface area contributed by atoms with Crippen LogP contribution in [-0.4, -0.2) is 16.7 Å². The summed E-state index contributed by atoms with van der Waals surface area (Å²) in [6.07, 6.45) is 0.744. The Balaban J connectivity index is 2.24. The molecule has 0 amide bonds. The lowest BCUT2D eigenvalue weighted by molar-refractivity contribution is 0.300. The predicted octanol–water partition coefficient (Wildman–Crippen LogP) is 2.71. The number of aliphatic hydroxyl groups is 1. The van der Waals surface area contributed by atoms with E-state index >= 15 is 0 Å². The first-order valence-corrected chi connectivity index (χ1v) is 6.11. The molecule has 0 unspecified atom stereocenters. The van der Waals surface area contributed by atoms with Gasteiger partial charge in [-0.3, -0.25) is 0 Å². The lowest BCUT2D eigenvalue weighted by Crippen LogP contribution is -1.84. The van der Waals surface area contributed by atoms with Crippen LogP contribution in [0.15, 0.2) is 17.5 Å². The number of thiazole rings is 1. The van der Waals surface area contributed by atoms with Crippen LogP contribution in [0, 0.1) is 6.92 Å². The highest BCUT2D eigenvalue weighted by molar-refractivity contribution is 7.16. The highest BCUT2D eigenvalue weighted by Crippen LogP contribution is 2.28. The molecule has 74 valence electrons. The number of rotatable bonds is 3. The highest BCUT2D eigenvalue weighted by Gasteiger charge is 2.05. The van der Waals surface area contributed by atoms with E-state index in [1.165, 1.54) is 9.75 Å². The minimum absolute atomic E-state index is 0.218. The van der Waals surface area contributed by atoms with Crippen molar-refractivity contribution in [3.8, 4) is 10.6 Å². The number of nitrogens with zero attached hydrogens (tertiary/aromatic N) is 1. The lowest BCUT2D eigenvalue weighted by atomic mass is 10.3. The molecule has 0 fully saturated rings. The van der Waals surface area contributed by atoms with Gasteiger partial charge >= 0.3 is 0 Å². The molecule has 1 N–H and O–H groups in total. The van der Waals surface area contributed by atoms with Gasteiger partial charge in [-0.15, -0.1) is 22.7 Å². The number of aliphatic hydroxyl groups excluding tert-OH is 1. The Morgan fingerprint density at radius 3 is 2.93 bits per heavy atom. The maximum Gasteiger partial charge on any atom is 0.0914 e. The number of thiophene rings is 1. The first kappa shape index (κ1) is 9.83. The summed E-state index contributed by atoms with van der Waals surface area (Å²) in [5, 5.41) is 12.0. The third kappa shape index (κ3) is 2.03. The Morgan fingerprint density at radius 2 is 2.29 bits per heavy atom. The van der Waals surface area contributed by atoms with E-state index in [0.717, 1.165) is 17.1 Å². The van der Waals surface area contributed by atoms with Crippen LogP contribution in [0.2, 0.25) is 0 Å². The summed E-state index contributed by atoms with van der Waals surface area (Å²) in [6, 6.07) is 4.13. The largest absolute Gasteiger partial charge is 0.396 e. The van der Waals surface area contributed by atoms with Crippen LogP contribution in [0.25, 0.3) is 10.6 Å². The molecule has 0 aliphatic carbocycles. The predicted molar refractivity (Wildman–Crippen MR) is 61.0 cm³/mol. The summed E-state index contributed by atoms with van der Waals surface area (Å²) in [5.41, 5.74) is 1.06. The van der Waals surface area contributed by atoms with Crippen LogP contribution in [-0.2, 0) is 6.42 Å². The van der Waals surface area contributed by atoms with E-state index in [4.69, 9.17) is 5.11 Å². The van der Waals surface area contributed by atoms with Crippen molar-refractivity contribution < 1.29 is 5.11 Å². The molecule has 0 atom stereocenters. The van der Waals surface area contributed by atoms with Crippen LogP contribution in [0.5, 0.6) is 0 Å². The fourth-order valence-corrected chi connectivity index (χ4v) is 2.88. The third-order valence-corrected chi connectivity index (χ3v) is 3.83. The molecule has 14 heavy (non-hydrogen) atoms. The van der Waals surface area contributed by atoms with Gasteiger partial charge in [0.05, 0.1) is 15.6 Å². The van der Waals surface area contributed by atoms with E-state index in [-0.39, 0.29) is 6.61 Å². The molecule has 2 nitrogen and oxygen atoms in total. The summed E-state index contributed by atoms with van der Waals surface area (Å²) in [5.74, 6) is 0. The summed E-state index contributed by atoms with van der Waals surface area (Å²) in [7, 11) is 0. The average Bonchev–Trinajstić information content (AvgIpc) is 2.74. The summed E-state index contributed by atoms with van der Waals surface area (Å²) in [6.45, 7) is 2.23. The molecule has 0 aliphatic rings. The molecule has 0 radical (unpaired) electrons. The second-order valence-corrected chi connectivity index (χ2v) is 5.22. The summed E-state index contributed by atoms with van der Waals surface area (Å²) < 4.78 is 0. The van der Waals surface area contributed by atoms with Gasteiger partial charge in [0.15, 0.2) is 0 Å². The monoisotopic (exact) mass is 225 g/mol. The van der Waals surface area contributed by atoms with Crippen molar-refractivity contribution in [1.29, 1.82) is 0 Å². The molecule has 0 spiro atoms. The van der Waals surface area contributed by atoms with E-state index in [9.17, 15) is 0 Å². The smallest absolute Gasteiger partial charge is 0.0914 e. The van der Waals surface area contributed by atoms with E-state index in [0.29, 0.717) is 0 Å². The maximum absolute atomic E-state index is 8.80. The van der Waals surface area contributed by atoms with Gasteiger partial charge in [-0.1, -0.05) is 0 Å². The van der Waals surface area contributed by atoms with E-state index in [1.54, 1.807) is 22.7 Å². The maximum atomic E-state index is 8.80. The van der Waals surface area contributed by atoms with Gasteiger partial charge in [-0.25, -0.2) is 4.98 Å². The van der Waals surface area contributed by atoms with Crippen molar-refractivity contribution in [3.63, 3.8) is 0 Å². The topological polar surface area (TPSA) is 33.1 Å². The van der Waals surface area contributed by atoms with Crippen LogP contribution < -0.4 is 0 Å². The Hall–Kier alpha value is -0.710. The first-order valence-electron chi connectivity index (χ1n) is 4.41. The summed E-state index contributed by atoms with van der Waals surface area (Å²) in [4.78, 5) is 6.83. The first-order chi connectivity index (χ1) is 6.79. The van der Waals surface area contributed by atoms with Gasteiger partial charge in [0.1, 0.15) is 0 Å². The van der Waals surface area contributed by atoms with E-state index < -0.39 is 0 Å². The van der Waals surface area contributed by atoms with Crippen molar-refractivity contribution in [2.45, 2.75) is 13.3 Å². The molecule has 2 heterocycles. The minimum atomic E-state index is 0.218. The molecule has 0 aliphatic heterocycles. The Labute approximate surface area is 90.9 Å². The quantitative estimate of drug-likeness (QED) is 0.871. The number of hydrogen-bond donors (Lipinski definition) is 1. The molecule has 0 bridgehead atoms.